The second-order valence-electron chi connectivity index (χ2n) is 5.54. The topological polar surface area (TPSA) is 69.7 Å². The standard InChI is InChI=1S/C14H21NO4S/c1-10(20(17)18)11-7-6-8-12(9-11)15(5)13(16)19-14(2,3)4/h6-10H,1-5H3,(H,17,18)/p-1. The van der Waals surface area contributed by atoms with Crippen molar-refractivity contribution in [2.24, 2.45) is 0 Å². The lowest BCUT2D eigenvalue weighted by Gasteiger charge is -2.25. The van der Waals surface area contributed by atoms with Crippen molar-refractivity contribution in [3.05, 3.63) is 29.8 Å². The lowest BCUT2D eigenvalue weighted by Crippen LogP contribution is -2.34. The van der Waals surface area contributed by atoms with Gasteiger partial charge in [0, 0.05) is 18.0 Å². The summed E-state index contributed by atoms with van der Waals surface area (Å²) in [5, 5.41) is -0.623. The SMILES string of the molecule is CC(c1cccc(N(C)C(=O)OC(C)(C)C)c1)S(=O)[O-]. The predicted octanol–water partition coefficient (Wildman–Crippen LogP) is 3.00. The summed E-state index contributed by atoms with van der Waals surface area (Å²) in [5.74, 6) is 0. The average molecular weight is 298 g/mol. The fourth-order valence-electron chi connectivity index (χ4n) is 1.53. The summed E-state index contributed by atoms with van der Waals surface area (Å²) in [6.45, 7) is 6.96. The van der Waals surface area contributed by atoms with Crippen LogP contribution in [0.15, 0.2) is 24.3 Å². The molecule has 6 heteroatoms. The Hall–Kier alpha value is -1.40. The molecule has 1 aromatic carbocycles. The molecular formula is C14H20NO4S-. The first-order chi connectivity index (χ1) is 9.11. The van der Waals surface area contributed by atoms with Crippen molar-refractivity contribution in [2.45, 2.75) is 38.5 Å². The highest BCUT2D eigenvalue weighted by Crippen LogP contribution is 2.24. The molecule has 0 bridgehead atoms. The number of nitrogens with zero attached hydrogens (tertiary/aromatic N) is 1. The minimum absolute atomic E-state index is 0.481. The Morgan fingerprint density at radius 3 is 2.50 bits per heavy atom. The van der Waals surface area contributed by atoms with E-state index in [1.165, 1.54) is 4.90 Å². The Morgan fingerprint density at radius 1 is 1.40 bits per heavy atom. The zero-order valence-corrected chi connectivity index (χ0v) is 13.2. The number of rotatable bonds is 3. The largest absolute Gasteiger partial charge is 0.772 e. The van der Waals surface area contributed by atoms with Crippen molar-refractivity contribution < 1.29 is 18.3 Å². The van der Waals surface area contributed by atoms with Crippen LogP contribution in [0, 0.1) is 0 Å². The molecule has 1 aromatic rings. The minimum atomic E-state index is -2.19. The molecule has 0 N–H and O–H groups in total. The summed E-state index contributed by atoms with van der Waals surface area (Å²) < 4.78 is 27.3. The molecule has 1 rings (SSSR count). The summed E-state index contributed by atoms with van der Waals surface area (Å²) in [6, 6.07) is 6.83. The van der Waals surface area contributed by atoms with Crippen LogP contribution in [-0.2, 0) is 15.8 Å². The van der Waals surface area contributed by atoms with Crippen molar-refractivity contribution in [3.8, 4) is 0 Å². The second-order valence-corrected chi connectivity index (χ2v) is 6.77. The van der Waals surface area contributed by atoms with Crippen LogP contribution in [0.3, 0.4) is 0 Å². The molecule has 2 atom stereocenters. The number of ether oxygens (including phenoxy) is 1. The van der Waals surface area contributed by atoms with E-state index in [4.69, 9.17) is 4.74 Å². The van der Waals surface area contributed by atoms with Gasteiger partial charge in [0.1, 0.15) is 5.60 Å². The molecule has 0 saturated heterocycles. The van der Waals surface area contributed by atoms with Gasteiger partial charge in [0.2, 0.25) is 0 Å². The van der Waals surface area contributed by atoms with E-state index in [1.807, 2.05) is 0 Å². The van der Waals surface area contributed by atoms with E-state index < -0.39 is 28.0 Å². The van der Waals surface area contributed by atoms with E-state index in [1.54, 1.807) is 59.0 Å². The zero-order valence-electron chi connectivity index (χ0n) is 12.4. The minimum Gasteiger partial charge on any atom is -0.772 e. The van der Waals surface area contributed by atoms with E-state index in [0.717, 1.165) is 0 Å². The fourth-order valence-corrected chi connectivity index (χ4v) is 1.90. The molecule has 0 saturated carbocycles. The number of amides is 1. The van der Waals surface area contributed by atoms with E-state index in [0.29, 0.717) is 11.3 Å². The van der Waals surface area contributed by atoms with E-state index in [2.05, 4.69) is 0 Å². The quantitative estimate of drug-likeness (QED) is 0.804. The number of hydrogen-bond donors (Lipinski definition) is 0. The van der Waals surface area contributed by atoms with Crippen molar-refractivity contribution in [1.82, 2.24) is 0 Å². The first kappa shape index (κ1) is 16.7. The molecule has 0 fully saturated rings. The van der Waals surface area contributed by atoms with Gasteiger partial charge in [-0.25, -0.2) is 4.79 Å². The summed E-state index contributed by atoms with van der Waals surface area (Å²) in [6.07, 6.45) is -0.481. The van der Waals surface area contributed by atoms with Crippen molar-refractivity contribution >= 4 is 22.9 Å². The fraction of sp³-hybridized carbons (Fsp3) is 0.500. The smallest absolute Gasteiger partial charge is 0.414 e. The number of carbonyl (C=O) groups is 1. The van der Waals surface area contributed by atoms with E-state index >= 15 is 0 Å². The Kier molecular flexibility index (Phi) is 5.30. The monoisotopic (exact) mass is 298 g/mol. The molecule has 2 unspecified atom stereocenters. The van der Waals surface area contributed by atoms with Crippen LogP contribution in [0.5, 0.6) is 0 Å². The van der Waals surface area contributed by atoms with Gasteiger partial charge in [-0.05, 0) is 56.5 Å². The van der Waals surface area contributed by atoms with Gasteiger partial charge in [0.25, 0.3) is 0 Å². The lowest BCUT2D eigenvalue weighted by atomic mass is 10.1. The van der Waals surface area contributed by atoms with Crippen LogP contribution in [0.4, 0.5) is 10.5 Å². The van der Waals surface area contributed by atoms with Gasteiger partial charge in [-0.3, -0.25) is 9.11 Å². The second kappa shape index (κ2) is 6.37. The molecule has 0 radical (unpaired) electrons. The van der Waals surface area contributed by atoms with Crippen LogP contribution in [0.1, 0.15) is 38.5 Å². The summed E-state index contributed by atoms with van der Waals surface area (Å²) in [4.78, 5) is 13.3. The Bertz CT molecular complexity index is 510. The van der Waals surface area contributed by atoms with Gasteiger partial charge in [-0.15, -0.1) is 0 Å². The molecular weight excluding hydrogens is 278 g/mol. The highest BCUT2D eigenvalue weighted by molar-refractivity contribution is 7.79. The summed E-state index contributed by atoms with van der Waals surface area (Å²) >= 11 is -2.19. The Labute approximate surface area is 122 Å². The van der Waals surface area contributed by atoms with Gasteiger partial charge in [-0.1, -0.05) is 12.1 Å². The molecule has 20 heavy (non-hydrogen) atoms. The lowest BCUT2D eigenvalue weighted by molar-refractivity contribution is 0.0589. The molecule has 0 aromatic heterocycles. The third-order valence-electron chi connectivity index (χ3n) is 2.68. The number of hydrogen-bond acceptors (Lipinski definition) is 4. The molecule has 0 spiro atoms. The highest BCUT2D eigenvalue weighted by Gasteiger charge is 2.21. The van der Waals surface area contributed by atoms with Gasteiger partial charge < -0.3 is 9.29 Å². The Balaban J connectivity index is 2.94. The van der Waals surface area contributed by atoms with Crippen LogP contribution < -0.4 is 4.90 Å². The van der Waals surface area contributed by atoms with E-state index in [9.17, 15) is 13.6 Å². The van der Waals surface area contributed by atoms with Gasteiger partial charge in [-0.2, -0.15) is 0 Å². The van der Waals surface area contributed by atoms with Crippen LogP contribution in [0.25, 0.3) is 0 Å². The van der Waals surface area contributed by atoms with Crippen LogP contribution in [0.2, 0.25) is 0 Å². The van der Waals surface area contributed by atoms with Crippen molar-refractivity contribution in [2.75, 3.05) is 11.9 Å². The third-order valence-corrected chi connectivity index (χ3v) is 3.53. The molecule has 0 aliphatic carbocycles. The van der Waals surface area contributed by atoms with Gasteiger partial charge >= 0.3 is 6.09 Å². The van der Waals surface area contributed by atoms with E-state index in [-0.39, 0.29) is 0 Å². The molecule has 5 nitrogen and oxygen atoms in total. The van der Waals surface area contributed by atoms with Crippen molar-refractivity contribution in [1.29, 1.82) is 0 Å². The summed E-state index contributed by atoms with van der Waals surface area (Å²) in [5.41, 5.74) is 0.646. The van der Waals surface area contributed by atoms with Crippen molar-refractivity contribution in [3.63, 3.8) is 0 Å². The molecule has 0 heterocycles. The first-order valence-electron chi connectivity index (χ1n) is 6.26. The maximum absolute atomic E-state index is 12.0. The van der Waals surface area contributed by atoms with Gasteiger partial charge in [0.15, 0.2) is 0 Å². The number of benzene rings is 1. The maximum atomic E-state index is 12.0. The van der Waals surface area contributed by atoms with Crippen LogP contribution >= 0.6 is 0 Å². The number of carbonyl (C=O) groups excluding carboxylic acids is 1. The first-order valence-corrected chi connectivity index (χ1v) is 7.40. The molecule has 0 aliphatic rings. The third kappa shape index (κ3) is 4.61. The highest BCUT2D eigenvalue weighted by atomic mass is 32.2. The average Bonchev–Trinajstić information content (AvgIpc) is 2.35. The number of anilines is 1. The molecule has 112 valence electrons. The zero-order chi connectivity index (χ0) is 15.5. The molecule has 1 amide bonds. The van der Waals surface area contributed by atoms with Crippen LogP contribution in [-0.4, -0.2) is 27.5 Å². The summed E-state index contributed by atoms with van der Waals surface area (Å²) in [7, 11) is 1.59. The molecule has 0 aliphatic heterocycles. The van der Waals surface area contributed by atoms with Gasteiger partial charge in [0.05, 0.1) is 0 Å². The Morgan fingerprint density at radius 2 is 2.00 bits per heavy atom. The normalized spacial score (nSPS) is 14.5. The maximum Gasteiger partial charge on any atom is 0.414 e. The predicted molar refractivity (Wildman–Crippen MR) is 78.4 cm³/mol.